The van der Waals surface area contributed by atoms with E-state index in [1.54, 1.807) is 0 Å². The van der Waals surface area contributed by atoms with E-state index in [9.17, 15) is 5.11 Å². The Balaban J connectivity index is 1.44. The average Bonchev–Trinajstić information content (AvgIpc) is 3.19. The van der Waals surface area contributed by atoms with Gasteiger partial charge in [0.05, 0.1) is 6.10 Å². The lowest BCUT2D eigenvalue weighted by Crippen LogP contribution is -2.54. The summed E-state index contributed by atoms with van der Waals surface area (Å²) in [5.41, 5.74) is 0.888. The lowest BCUT2D eigenvalue weighted by atomic mass is 9.44. The van der Waals surface area contributed by atoms with E-state index in [2.05, 4.69) is 25.6 Å². The first-order valence-corrected chi connectivity index (χ1v) is 10.8. The molecule has 0 unspecified atom stereocenters. The molecule has 22 heavy (non-hydrogen) atoms. The summed E-state index contributed by atoms with van der Waals surface area (Å²) in [6.07, 6.45) is 12.6. The van der Waals surface area contributed by atoms with Crippen LogP contribution < -0.4 is 0 Å². The molecule has 4 saturated carbocycles. The molecule has 4 aliphatic carbocycles. The van der Waals surface area contributed by atoms with Crippen LogP contribution in [0.15, 0.2) is 0 Å². The number of thioether (sulfide) groups is 1. The van der Waals surface area contributed by atoms with Gasteiger partial charge in [-0.25, -0.2) is 0 Å². The van der Waals surface area contributed by atoms with Crippen LogP contribution >= 0.6 is 11.8 Å². The molecular weight excluding hydrogens is 288 g/mol. The number of fused-ring (bicyclic) bond motifs is 5. The highest BCUT2D eigenvalue weighted by Gasteiger charge is 2.62. The summed E-state index contributed by atoms with van der Waals surface area (Å²) in [5.74, 6) is 5.19. The number of hydrogen-bond donors (Lipinski definition) is 1. The minimum atomic E-state index is -0.0125. The number of hydrogen-bond acceptors (Lipinski definition) is 2. The molecule has 8 atom stereocenters. The molecule has 1 nitrogen and oxygen atoms in total. The van der Waals surface area contributed by atoms with Crippen LogP contribution in [0, 0.1) is 34.5 Å². The topological polar surface area (TPSA) is 20.2 Å². The van der Waals surface area contributed by atoms with Crippen LogP contribution in [0.3, 0.4) is 0 Å². The highest BCUT2D eigenvalue weighted by Crippen LogP contribution is 2.69. The summed E-state index contributed by atoms with van der Waals surface area (Å²) in [4.78, 5) is 0. The molecule has 5 aliphatic rings. The molecule has 0 radical (unpaired) electrons. The molecule has 0 aromatic heterocycles. The first kappa shape index (κ1) is 14.6. The van der Waals surface area contributed by atoms with Gasteiger partial charge in [0.2, 0.25) is 0 Å². The van der Waals surface area contributed by atoms with Crippen molar-refractivity contribution in [3.05, 3.63) is 0 Å². The molecule has 5 fully saturated rings. The SMILES string of the molecule is C[C@]12CC[C@]3(CS3)C[C@H]1CC[C@H]1[C@H]2CC[C@]2(C)[C@H](O)CC[C@H]12. The largest absolute Gasteiger partial charge is 0.393 e. The molecule has 0 amide bonds. The van der Waals surface area contributed by atoms with Crippen molar-refractivity contribution in [1.82, 2.24) is 0 Å². The van der Waals surface area contributed by atoms with Crippen molar-refractivity contribution >= 4 is 11.8 Å². The van der Waals surface area contributed by atoms with Crippen LogP contribution in [0.25, 0.3) is 0 Å². The fraction of sp³-hybridized carbons (Fsp3) is 1.00. The predicted molar refractivity (Wildman–Crippen MR) is 92.9 cm³/mol. The minimum Gasteiger partial charge on any atom is -0.393 e. The standard InChI is InChI=1S/C20H32OS/c1-18-9-10-20(12-22-20)11-13(18)3-4-14-15-5-6-17(21)19(15,2)8-7-16(14)18/h13-17,21H,3-12H2,1-2H3/t13-,14-,15-,16-,17-,18+,19+,20-/m1/s1. The van der Waals surface area contributed by atoms with Gasteiger partial charge < -0.3 is 5.11 Å². The molecule has 0 aromatic rings. The van der Waals surface area contributed by atoms with Gasteiger partial charge in [0, 0.05) is 10.5 Å². The molecule has 1 saturated heterocycles. The Morgan fingerprint density at radius 2 is 1.64 bits per heavy atom. The third kappa shape index (κ3) is 1.78. The van der Waals surface area contributed by atoms with Crippen LogP contribution in [0.2, 0.25) is 0 Å². The number of aliphatic hydroxyl groups is 1. The summed E-state index contributed by atoms with van der Waals surface area (Å²) in [5, 5.41) is 10.5. The van der Waals surface area contributed by atoms with Gasteiger partial charge in [-0.3, -0.25) is 0 Å². The molecule has 1 heterocycles. The smallest absolute Gasteiger partial charge is 0.0596 e. The highest BCUT2D eigenvalue weighted by atomic mass is 32.2. The van der Waals surface area contributed by atoms with Gasteiger partial charge in [-0.1, -0.05) is 13.8 Å². The van der Waals surface area contributed by atoms with Gasteiger partial charge >= 0.3 is 0 Å². The maximum Gasteiger partial charge on any atom is 0.0596 e. The zero-order chi connectivity index (χ0) is 15.2. The Hall–Kier alpha value is 0.310. The predicted octanol–water partition coefficient (Wildman–Crippen LogP) is 4.88. The van der Waals surface area contributed by atoms with Gasteiger partial charge in [0.25, 0.3) is 0 Å². The van der Waals surface area contributed by atoms with Crippen molar-refractivity contribution in [2.24, 2.45) is 34.5 Å². The van der Waals surface area contributed by atoms with Crippen molar-refractivity contribution < 1.29 is 5.11 Å². The number of rotatable bonds is 0. The molecule has 1 aliphatic heterocycles. The minimum absolute atomic E-state index is 0.0125. The fourth-order valence-electron chi connectivity index (χ4n) is 7.64. The van der Waals surface area contributed by atoms with Crippen LogP contribution in [-0.2, 0) is 0 Å². The number of aliphatic hydroxyl groups excluding tert-OH is 1. The summed E-state index contributed by atoms with van der Waals surface area (Å²) >= 11 is 2.26. The summed E-state index contributed by atoms with van der Waals surface area (Å²) in [6, 6.07) is 0. The van der Waals surface area contributed by atoms with E-state index in [4.69, 9.17) is 0 Å². The summed E-state index contributed by atoms with van der Waals surface area (Å²) in [7, 11) is 0. The lowest BCUT2D eigenvalue weighted by molar-refractivity contribution is -0.122. The van der Waals surface area contributed by atoms with E-state index >= 15 is 0 Å². The van der Waals surface area contributed by atoms with Gasteiger partial charge in [-0.05, 0) is 92.3 Å². The Labute approximate surface area is 140 Å². The molecule has 2 heteroatoms. The third-order valence-electron chi connectivity index (χ3n) is 9.31. The lowest BCUT2D eigenvalue weighted by Gasteiger charge is -2.61. The first-order valence-electron chi connectivity index (χ1n) is 9.79. The Morgan fingerprint density at radius 3 is 2.41 bits per heavy atom. The molecule has 124 valence electrons. The van der Waals surface area contributed by atoms with E-state index in [-0.39, 0.29) is 11.5 Å². The van der Waals surface area contributed by atoms with Gasteiger partial charge in [-0.2, -0.15) is 11.8 Å². The maximum atomic E-state index is 10.5. The quantitative estimate of drug-likeness (QED) is 0.642. The summed E-state index contributed by atoms with van der Waals surface area (Å²) < 4.78 is 0.740. The normalized spacial score (nSPS) is 63.1. The van der Waals surface area contributed by atoms with E-state index in [0.717, 1.165) is 34.8 Å². The van der Waals surface area contributed by atoms with E-state index in [0.29, 0.717) is 5.41 Å². The second kappa shape index (κ2) is 4.48. The van der Waals surface area contributed by atoms with Crippen molar-refractivity contribution in [1.29, 1.82) is 0 Å². The molecule has 1 N–H and O–H groups in total. The zero-order valence-electron chi connectivity index (χ0n) is 14.3. The van der Waals surface area contributed by atoms with Gasteiger partial charge in [-0.15, -0.1) is 0 Å². The monoisotopic (exact) mass is 320 g/mol. The van der Waals surface area contributed by atoms with Crippen molar-refractivity contribution in [3.8, 4) is 0 Å². The first-order chi connectivity index (χ1) is 10.5. The van der Waals surface area contributed by atoms with Crippen LogP contribution in [0.1, 0.15) is 71.6 Å². The van der Waals surface area contributed by atoms with Crippen molar-refractivity contribution in [2.75, 3.05) is 5.75 Å². The Morgan fingerprint density at radius 1 is 0.864 bits per heavy atom. The van der Waals surface area contributed by atoms with E-state index < -0.39 is 0 Å². The van der Waals surface area contributed by atoms with Crippen LogP contribution in [0.5, 0.6) is 0 Å². The molecule has 0 aromatic carbocycles. The summed E-state index contributed by atoms with van der Waals surface area (Å²) in [6.45, 7) is 5.08. The average molecular weight is 321 g/mol. The maximum absolute atomic E-state index is 10.5. The van der Waals surface area contributed by atoms with Gasteiger partial charge in [0.15, 0.2) is 0 Å². The van der Waals surface area contributed by atoms with Crippen molar-refractivity contribution in [3.63, 3.8) is 0 Å². The van der Waals surface area contributed by atoms with Crippen molar-refractivity contribution in [2.45, 2.75) is 82.5 Å². The second-order valence-electron chi connectivity index (χ2n) is 9.97. The van der Waals surface area contributed by atoms with E-state index in [1.165, 1.54) is 57.1 Å². The molecular formula is C20H32OS. The molecule has 1 spiro atoms. The van der Waals surface area contributed by atoms with Gasteiger partial charge in [0.1, 0.15) is 0 Å². The van der Waals surface area contributed by atoms with Crippen LogP contribution in [-0.4, -0.2) is 21.7 Å². The Kier molecular flexibility index (Phi) is 2.98. The fourth-order valence-corrected chi connectivity index (χ4v) is 8.68. The highest BCUT2D eigenvalue weighted by molar-refractivity contribution is 8.07. The zero-order valence-corrected chi connectivity index (χ0v) is 15.1. The Bertz CT molecular complexity index is 486. The molecule has 5 rings (SSSR count). The van der Waals surface area contributed by atoms with E-state index in [1.807, 2.05) is 0 Å². The third-order valence-corrected chi connectivity index (χ3v) is 10.8. The van der Waals surface area contributed by atoms with Crippen LogP contribution in [0.4, 0.5) is 0 Å². The molecule has 0 bridgehead atoms. The second-order valence-corrected chi connectivity index (χ2v) is 11.4.